The number of fused-ring (bicyclic) bond motifs is 2. The number of rotatable bonds is 2. The highest BCUT2D eigenvalue weighted by Gasteiger charge is 2.36. The fourth-order valence-corrected chi connectivity index (χ4v) is 4.13. The monoisotopic (exact) mass is 503 g/mol. The van der Waals surface area contributed by atoms with Crippen LogP contribution >= 0.6 is 11.6 Å². The molecule has 0 aliphatic carbocycles. The van der Waals surface area contributed by atoms with Gasteiger partial charge in [-0.1, -0.05) is 23.7 Å². The van der Waals surface area contributed by atoms with Crippen LogP contribution in [-0.4, -0.2) is 53.1 Å². The molecule has 35 heavy (non-hydrogen) atoms. The van der Waals surface area contributed by atoms with E-state index in [9.17, 15) is 22.8 Å². The van der Waals surface area contributed by atoms with Crippen molar-refractivity contribution in [3.8, 4) is 11.6 Å². The zero-order valence-corrected chi connectivity index (χ0v) is 18.7. The Morgan fingerprint density at radius 3 is 2.51 bits per heavy atom. The van der Waals surface area contributed by atoms with E-state index in [0.29, 0.717) is 35.4 Å². The lowest BCUT2D eigenvalue weighted by Crippen LogP contribution is -2.49. The van der Waals surface area contributed by atoms with E-state index in [1.54, 1.807) is 23.1 Å². The standard InChI is InChI=1S/C23H17ClF3N5O3/c24-13-5-6-17-18(11-13)35-21-15(20(33)28-17)12-19(29-30-21)31-7-9-32(10-8-31)22(34)14-3-1-2-4-16(14)23(25,26)27/h1-6,11-12H,7-10H2,(H,28,33). The van der Waals surface area contributed by atoms with Crippen LogP contribution in [0.25, 0.3) is 0 Å². The predicted molar refractivity (Wildman–Crippen MR) is 121 cm³/mol. The predicted octanol–water partition coefficient (Wildman–Crippen LogP) is 4.47. The van der Waals surface area contributed by atoms with Crippen molar-refractivity contribution in [2.75, 3.05) is 36.4 Å². The third-order valence-electron chi connectivity index (χ3n) is 5.74. The smallest absolute Gasteiger partial charge is 0.417 e. The number of alkyl halides is 3. The van der Waals surface area contributed by atoms with Gasteiger partial charge in [0.1, 0.15) is 5.56 Å². The number of ether oxygens (including phenoxy) is 1. The molecule has 1 N–H and O–H groups in total. The topological polar surface area (TPSA) is 87.7 Å². The molecule has 2 amide bonds. The highest BCUT2D eigenvalue weighted by Crippen LogP contribution is 2.37. The minimum Gasteiger partial charge on any atom is -0.435 e. The maximum atomic E-state index is 13.3. The lowest BCUT2D eigenvalue weighted by Gasteiger charge is -2.35. The number of amides is 2. The number of piperazine rings is 1. The second-order valence-electron chi connectivity index (χ2n) is 7.94. The fourth-order valence-electron chi connectivity index (χ4n) is 3.97. The van der Waals surface area contributed by atoms with E-state index >= 15 is 0 Å². The van der Waals surface area contributed by atoms with E-state index in [0.717, 1.165) is 6.07 Å². The number of hydrogen-bond donors (Lipinski definition) is 1. The molecule has 2 aliphatic rings. The van der Waals surface area contributed by atoms with Gasteiger partial charge in [-0.05, 0) is 24.3 Å². The fraction of sp³-hybridized carbons (Fsp3) is 0.217. The van der Waals surface area contributed by atoms with Crippen molar-refractivity contribution < 1.29 is 27.5 Å². The summed E-state index contributed by atoms with van der Waals surface area (Å²) >= 11 is 6.01. The molecule has 0 unspecified atom stereocenters. The summed E-state index contributed by atoms with van der Waals surface area (Å²) in [5, 5.41) is 11.4. The lowest BCUT2D eigenvalue weighted by molar-refractivity contribution is -0.138. The van der Waals surface area contributed by atoms with Crippen molar-refractivity contribution in [1.29, 1.82) is 0 Å². The normalized spacial score (nSPS) is 15.5. The molecule has 3 aromatic rings. The molecule has 0 saturated carbocycles. The molecule has 0 radical (unpaired) electrons. The van der Waals surface area contributed by atoms with Gasteiger partial charge in [0, 0.05) is 43.3 Å². The van der Waals surface area contributed by atoms with Crippen LogP contribution in [-0.2, 0) is 6.18 Å². The number of carbonyl (C=O) groups excluding carboxylic acids is 2. The van der Waals surface area contributed by atoms with Crippen molar-refractivity contribution >= 4 is 34.9 Å². The van der Waals surface area contributed by atoms with Gasteiger partial charge in [0.15, 0.2) is 11.6 Å². The summed E-state index contributed by atoms with van der Waals surface area (Å²) in [6, 6.07) is 11.0. The molecular weight excluding hydrogens is 487 g/mol. The summed E-state index contributed by atoms with van der Waals surface area (Å²) in [5.41, 5.74) is -0.741. The molecule has 0 bridgehead atoms. The van der Waals surface area contributed by atoms with Crippen LogP contribution in [0.1, 0.15) is 26.3 Å². The molecule has 5 rings (SSSR count). The zero-order valence-electron chi connectivity index (χ0n) is 18.0. The molecule has 3 heterocycles. The van der Waals surface area contributed by atoms with Crippen molar-refractivity contribution in [2.45, 2.75) is 6.18 Å². The molecule has 2 aromatic carbocycles. The van der Waals surface area contributed by atoms with Crippen molar-refractivity contribution in [3.63, 3.8) is 0 Å². The van der Waals surface area contributed by atoms with Gasteiger partial charge in [-0.25, -0.2) is 0 Å². The summed E-state index contributed by atoms with van der Waals surface area (Å²) in [5.74, 6) is -0.387. The van der Waals surface area contributed by atoms with E-state index in [-0.39, 0.29) is 30.1 Å². The van der Waals surface area contributed by atoms with Gasteiger partial charge < -0.3 is 19.9 Å². The second kappa shape index (κ2) is 8.73. The SMILES string of the molecule is O=C1Nc2ccc(Cl)cc2Oc2nnc(N3CCN(C(=O)c4ccccc4C(F)(F)F)CC3)cc21. The average Bonchev–Trinajstić information content (AvgIpc) is 2.98. The number of benzene rings is 2. The van der Waals surface area contributed by atoms with Crippen molar-refractivity contribution in [3.05, 3.63) is 70.2 Å². The Morgan fingerprint density at radius 1 is 1.03 bits per heavy atom. The van der Waals surface area contributed by atoms with Gasteiger partial charge in [-0.3, -0.25) is 9.59 Å². The number of halogens is 4. The first kappa shape index (κ1) is 22.9. The van der Waals surface area contributed by atoms with Crippen LogP contribution in [0.5, 0.6) is 11.6 Å². The number of carbonyl (C=O) groups is 2. The molecule has 2 aliphatic heterocycles. The number of anilines is 2. The summed E-state index contributed by atoms with van der Waals surface area (Å²) in [6.07, 6.45) is -4.63. The molecule has 1 aromatic heterocycles. The van der Waals surface area contributed by atoms with Crippen LogP contribution in [0.15, 0.2) is 48.5 Å². The summed E-state index contributed by atoms with van der Waals surface area (Å²) in [7, 11) is 0. The number of nitrogens with one attached hydrogen (secondary N) is 1. The van der Waals surface area contributed by atoms with Crippen LogP contribution in [0.4, 0.5) is 24.7 Å². The average molecular weight is 504 g/mol. The van der Waals surface area contributed by atoms with Crippen molar-refractivity contribution in [1.82, 2.24) is 15.1 Å². The minimum absolute atomic E-state index is 0.0184. The molecular formula is C23H17ClF3N5O3. The number of aromatic nitrogens is 2. The van der Waals surface area contributed by atoms with Crippen LogP contribution in [0.3, 0.4) is 0 Å². The van der Waals surface area contributed by atoms with Gasteiger partial charge in [-0.15, -0.1) is 10.2 Å². The van der Waals surface area contributed by atoms with E-state index < -0.39 is 23.6 Å². The Bertz CT molecular complexity index is 1330. The Labute approximate surface area is 202 Å². The van der Waals surface area contributed by atoms with Gasteiger partial charge in [-0.2, -0.15) is 13.2 Å². The van der Waals surface area contributed by atoms with Gasteiger partial charge >= 0.3 is 6.18 Å². The molecule has 1 saturated heterocycles. The Hall–Kier alpha value is -3.86. The van der Waals surface area contributed by atoms with E-state index in [4.69, 9.17) is 16.3 Å². The maximum absolute atomic E-state index is 13.3. The van der Waals surface area contributed by atoms with E-state index in [1.807, 2.05) is 0 Å². The first-order valence-electron chi connectivity index (χ1n) is 10.6. The summed E-state index contributed by atoms with van der Waals surface area (Å²) in [6.45, 7) is 0.949. The quantitative estimate of drug-likeness (QED) is 0.555. The zero-order chi connectivity index (χ0) is 24.7. The Morgan fingerprint density at radius 2 is 1.77 bits per heavy atom. The first-order valence-corrected chi connectivity index (χ1v) is 11.0. The second-order valence-corrected chi connectivity index (χ2v) is 8.38. The van der Waals surface area contributed by atoms with Crippen LogP contribution < -0.4 is 15.0 Å². The maximum Gasteiger partial charge on any atom is 0.417 e. The van der Waals surface area contributed by atoms with Gasteiger partial charge in [0.2, 0.25) is 0 Å². The van der Waals surface area contributed by atoms with E-state index in [1.165, 1.54) is 29.2 Å². The third-order valence-corrected chi connectivity index (χ3v) is 5.98. The molecule has 8 nitrogen and oxygen atoms in total. The molecule has 12 heteroatoms. The van der Waals surface area contributed by atoms with Crippen LogP contribution in [0.2, 0.25) is 5.02 Å². The number of hydrogen-bond acceptors (Lipinski definition) is 6. The highest BCUT2D eigenvalue weighted by atomic mass is 35.5. The molecule has 1 fully saturated rings. The van der Waals surface area contributed by atoms with Gasteiger partial charge in [0.25, 0.3) is 17.7 Å². The van der Waals surface area contributed by atoms with Crippen LogP contribution in [0, 0.1) is 0 Å². The molecule has 180 valence electrons. The third kappa shape index (κ3) is 4.46. The number of nitrogens with zero attached hydrogens (tertiary/aromatic N) is 4. The van der Waals surface area contributed by atoms with E-state index in [2.05, 4.69) is 15.5 Å². The van der Waals surface area contributed by atoms with Gasteiger partial charge in [0.05, 0.1) is 16.8 Å². The Balaban J connectivity index is 1.32. The first-order chi connectivity index (χ1) is 16.7. The minimum atomic E-state index is -4.63. The highest BCUT2D eigenvalue weighted by molar-refractivity contribution is 6.31. The Kier molecular flexibility index (Phi) is 5.72. The largest absolute Gasteiger partial charge is 0.435 e. The summed E-state index contributed by atoms with van der Waals surface area (Å²) < 4.78 is 45.7. The molecule has 0 spiro atoms. The molecule has 0 atom stereocenters. The summed E-state index contributed by atoms with van der Waals surface area (Å²) in [4.78, 5) is 28.7. The van der Waals surface area contributed by atoms with Crippen molar-refractivity contribution in [2.24, 2.45) is 0 Å². The lowest BCUT2D eigenvalue weighted by atomic mass is 10.1.